The van der Waals surface area contributed by atoms with E-state index in [0.29, 0.717) is 0 Å². The molecule has 1 aromatic rings. The van der Waals surface area contributed by atoms with Crippen LogP contribution in [-0.4, -0.2) is 18.0 Å². The SMILES string of the molecule is CC(C)OC(=O)CC(NC(=O)C1CCC1)c1ccccc1. The first-order chi connectivity index (χ1) is 10.1. The number of carbonyl (C=O) groups excluding carboxylic acids is 2. The van der Waals surface area contributed by atoms with Crippen LogP contribution in [-0.2, 0) is 14.3 Å². The van der Waals surface area contributed by atoms with Crippen molar-refractivity contribution in [2.45, 2.75) is 51.7 Å². The van der Waals surface area contributed by atoms with Crippen LogP contribution in [0.4, 0.5) is 0 Å². The maximum absolute atomic E-state index is 12.1. The molecular weight excluding hydrogens is 266 g/mol. The number of amides is 1. The highest BCUT2D eigenvalue weighted by Crippen LogP contribution is 2.28. The monoisotopic (exact) mass is 289 g/mol. The van der Waals surface area contributed by atoms with Gasteiger partial charge in [-0.1, -0.05) is 36.8 Å². The van der Waals surface area contributed by atoms with E-state index in [9.17, 15) is 9.59 Å². The summed E-state index contributed by atoms with van der Waals surface area (Å²) in [6, 6.07) is 9.27. The van der Waals surface area contributed by atoms with Crippen molar-refractivity contribution in [3.8, 4) is 0 Å². The van der Waals surface area contributed by atoms with E-state index in [-0.39, 0.29) is 36.4 Å². The maximum atomic E-state index is 12.1. The summed E-state index contributed by atoms with van der Waals surface area (Å²) in [6.07, 6.45) is 3.04. The molecule has 1 saturated carbocycles. The second kappa shape index (κ2) is 7.25. The standard InChI is InChI=1S/C17H23NO3/c1-12(2)21-16(19)11-15(13-7-4-3-5-8-13)18-17(20)14-9-6-10-14/h3-5,7-8,12,14-15H,6,9-11H2,1-2H3,(H,18,20). The Morgan fingerprint density at radius 3 is 2.43 bits per heavy atom. The van der Waals surface area contributed by atoms with Gasteiger partial charge in [0.05, 0.1) is 18.6 Å². The predicted octanol–water partition coefficient (Wildman–Crippen LogP) is 2.99. The van der Waals surface area contributed by atoms with Crippen LogP contribution in [0, 0.1) is 5.92 Å². The molecule has 0 spiro atoms. The highest BCUT2D eigenvalue weighted by atomic mass is 16.5. The fourth-order valence-corrected chi connectivity index (χ4v) is 2.38. The van der Waals surface area contributed by atoms with Gasteiger partial charge in [0, 0.05) is 5.92 Å². The van der Waals surface area contributed by atoms with Gasteiger partial charge < -0.3 is 10.1 Å². The van der Waals surface area contributed by atoms with Gasteiger partial charge in [-0.05, 0) is 32.3 Å². The van der Waals surface area contributed by atoms with Crippen molar-refractivity contribution in [1.29, 1.82) is 0 Å². The molecule has 0 radical (unpaired) electrons. The summed E-state index contributed by atoms with van der Waals surface area (Å²) in [6.45, 7) is 3.64. The smallest absolute Gasteiger partial charge is 0.308 e. The number of hydrogen-bond acceptors (Lipinski definition) is 3. The number of ether oxygens (including phenoxy) is 1. The lowest BCUT2D eigenvalue weighted by atomic mass is 9.84. The molecule has 0 bridgehead atoms. The molecule has 0 aromatic heterocycles. The van der Waals surface area contributed by atoms with E-state index in [1.165, 1.54) is 0 Å². The van der Waals surface area contributed by atoms with Gasteiger partial charge in [0.1, 0.15) is 0 Å². The molecule has 0 saturated heterocycles. The summed E-state index contributed by atoms with van der Waals surface area (Å²) in [5, 5.41) is 3.00. The van der Waals surface area contributed by atoms with E-state index in [1.54, 1.807) is 0 Å². The molecule has 0 heterocycles. The molecule has 1 atom stereocenters. The van der Waals surface area contributed by atoms with Crippen molar-refractivity contribution in [2.24, 2.45) is 5.92 Å². The number of esters is 1. The van der Waals surface area contributed by atoms with Crippen molar-refractivity contribution in [3.63, 3.8) is 0 Å². The van der Waals surface area contributed by atoms with Crippen molar-refractivity contribution < 1.29 is 14.3 Å². The highest BCUT2D eigenvalue weighted by Gasteiger charge is 2.28. The van der Waals surface area contributed by atoms with E-state index in [2.05, 4.69) is 5.32 Å². The molecule has 1 aromatic carbocycles. The summed E-state index contributed by atoms with van der Waals surface area (Å²) in [5.74, 6) is -0.127. The van der Waals surface area contributed by atoms with Crippen LogP contribution in [0.5, 0.6) is 0 Å². The number of hydrogen-bond donors (Lipinski definition) is 1. The van der Waals surface area contributed by atoms with E-state index >= 15 is 0 Å². The molecule has 0 aliphatic heterocycles. The third kappa shape index (κ3) is 4.59. The van der Waals surface area contributed by atoms with Crippen LogP contribution < -0.4 is 5.32 Å². The Morgan fingerprint density at radius 1 is 1.24 bits per heavy atom. The molecule has 1 N–H and O–H groups in total. The molecule has 4 heteroatoms. The zero-order valence-corrected chi connectivity index (χ0v) is 12.7. The van der Waals surface area contributed by atoms with Crippen LogP contribution >= 0.6 is 0 Å². The van der Waals surface area contributed by atoms with Crippen molar-refractivity contribution in [1.82, 2.24) is 5.32 Å². The molecule has 1 aliphatic carbocycles. The first-order valence-electron chi connectivity index (χ1n) is 7.61. The number of carbonyl (C=O) groups is 2. The minimum atomic E-state index is -0.314. The van der Waals surface area contributed by atoms with Crippen LogP contribution in [0.15, 0.2) is 30.3 Å². The zero-order valence-electron chi connectivity index (χ0n) is 12.7. The average Bonchev–Trinajstić information content (AvgIpc) is 2.36. The van der Waals surface area contributed by atoms with Gasteiger partial charge in [0.2, 0.25) is 5.91 Å². The topological polar surface area (TPSA) is 55.4 Å². The Kier molecular flexibility index (Phi) is 5.37. The Morgan fingerprint density at radius 2 is 1.90 bits per heavy atom. The van der Waals surface area contributed by atoms with E-state index in [1.807, 2.05) is 44.2 Å². The van der Waals surface area contributed by atoms with E-state index in [0.717, 1.165) is 24.8 Å². The molecular formula is C17H23NO3. The van der Waals surface area contributed by atoms with Gasteiger partial charge in [0.15, 0.2) is 0 Å². The summed E-state index contributed by atoms with van der Waals surface area (Å²) in [4.78, 5) is 24.0. The minimum Gasteiger partial charge on any atom is -0.463 e. The van der Waals surface area contributed by atoms with Crippen LogP contribution in [0.3, 0.4) is 0 Å². The Bertz CT molecular complexity index is 480. The summed E-state index contributed by atoms with van der Waals surface area (Å²) in [5.41, 5.74) is 0.936. The molecule has 21 heavy (non-hydrogen) atoms. The lowest BCUT2D eigenvalue weighted by Gasteiger charge is -2.27. The van der Waals surface area contributed by atoms with Gasteiger partial charge in [-0.15, -0.1) is 0 Å². The van der Waals surface area contributed by atoms with E-state index in [4.69, 9.17) is 4.74 Å². The summed E-state index contributed by atoms with van der Waals surface area (Å²) < 4.78 is 5.19. The number of benzene rings is 1. The van der Waals surface area contributed by atoms with Gasteiger partial charge in [-0.2, -0.15) is 0 Å². The third-order valence-electron chi connectivity index (χ3n) is 3.73. The zero-order chi connectivity index (χ0) is 15.2. The van der Waals surface area contributed by atoms with Crippen LogP contribution in [0.2, 0.25) is 0 Å². The van der Waals surface area contributed by atoms with Gasteiger partial charge in [-0.3, -0.25) is 9.59 Å². The molecule has 1 unspecified atom stereocenters. The lowest BCUT2D eigenvalue weighted by Crippen LogP contribution is -2.38. The van der Waals surface area contributed by atoms with Crippen molar-refractivity contribution in [2.75, 3.05) is 0 Å². The molecule has 1 aliphatic rings. The minimum absolute atomic E-state index is 0.0486. The fourth-order valence-electron chi connectivity index (χ4n) is 2.38. The van der Waals surface area contributed by atoms with Crippen molar-refractivity contribution >= 4 is 11.9 Å². The van der Waals surface area contributed by atoms with Crippen LogP contribution in [0.1, 0.15) is 51.1 Å². The lowest BCUT2D eigenvalue weighted by molar-refractivity contribution is -0.148. The second-order valence-electron chi connectivity index (χ2n) is 5.84. The summed E-state index contributed by atoms with van der Waals surface area (Å²) in [7, 11) is 0. The summed E-state index contributed by atoms with van der Waals surface area (Å²) >= 11 is 0. The van der Waals surface area contributed by atoms with Gasteiger partial charge >= 0.3 is 5.97 Å². The number of rotatable bonds is 6. The molecule has 1 fully saturated rings. The normalized spacial score (nSPS) is 16.1. The molecule has 1 amide bonds. The average molecular weight is 289 g/mol. The highest BCUT2D eigenvalue weighted by molar-refractivity contribution is 5.81. The first-order valence-corrected chi connectivity index (χ1v) is 7.61. The van der Waals surface area contributed by atoms with E-state index < -0.39 is 0 Å². The number of nitrogens with one attached hydrogen (secondary N) is 1. The maximum Gasteiger partial charge on any atom is 0.308 e. The molecule has 4 nitrogen and oxygen atoms in total. The fraction of sp³-hybridized carbons (Fsp3) is 0.529. The first kappa shape index (κ1) is 15.5. The Labute approximate surface area is 125 Å². The Hall–Kier alpha value is -1.84. The Balaban J connectivity index is 2.03. The predicted molar refractivity (Wildman–Crippen MR) is 80.5 cm³/mol. The van der Waals surface area contributed by atoms with Gasteiger partial charge in [0.25, 0.3) is 0 Å². The van der Waals surface area contributed by atoms with Crippen molar-refractivity contribution in [3.05, 3.63) is 35.9 Å². The van der Waals surface area contributed by atoms with Gasteiger partial charge in [-0.25, -0.2) is 0 Å². The molecule has 2 rings (SSSR count). The third-order valence-corrected chi connectivity index (χ3v) is 3.73. The second-order valence-corrected chi connectivity index (χ2v) is 5.84. The largest absolute Gasteiger partial charge is 0.463 e. The quantitative estimate of drug-likeness (QED) is 0.819. The molecule has 114 valence electrons. The van der Waals surface area contributed by atoms with Crippen LogP contribution in [0.25, 0.3) is 0 Å².